The van der Waals surface area contributed by atoms with Crippen molar-refractivity contribution >= 4 is 29.0 Å². The summed E-state index contributed by atoms with van der Waals surface area (Å²) in [6.45, 7) is 1.82. The summed E-state index contributed by atoms with van der Waals surface area (Å²) < 4.78 is 5.02. The van der Waals surface area contributed by atoms with Gasteiger partial charge in [-0.1, -0.05) is 17.7 Å². The molecule has 0 spiro atoms. The predicted molar refractivity (Wildman–Crippen MR) is 103 cm³/mol. The molecule has 0 aliphatic heterocycles. The molecule has 1 aromatic carbocycles. The summed E-state index contributed by atoms with van der Waals surface area (Å²) in [6, 6.07) is 8.09. The number of nitriles is 3. The molecule has 29 heavy (non-hydrogen) atoms. The quantitative estimate of drug-likeness (QED) is 0.448. The van der Waals surface area contributed by atoms with Crippen molar-refractivity contribution in [3.63, 3.8) is 0 Å². The Labute approximate surface area is 172 Å². The molecular weight excluding hydrogens is 392 g/mol. The molecule has 8 heteroatoms. The molecule has 1 saturated carbocycles. The first-order valence-electron chi connectivity index (χ1n) is 8.93. The lowest BCUT2D eigenvalue weighted by Gasteiger charge is -2.24. The number of ether oxygens (including phenoxy) is 1. The molecule has 0 bridgehead atoms. The molecule has 2 aliphatic carbocycles. The van der Waals surface area contributed by atoms with Crippen LogP contribution < -0.4 is 5.32 Å². The molecule has 1 aromatic rings. The number of nitrogens with one attached hydrogen (secondary N) is 1. The Morgan fingerprint density at radius 3 is 2.48 bits per heavy atom. The highest BCUT2D eigenvalue weighted by atomic mass is 35.5. The normalized spacial score (nSPS) is 17.0. The lowest BCUT2D eigenvalue weighted by atomic mass is 9.80. The van der Waals surface area contributed by atoms with Gasteiger partial charge < -0.3 is 10.1 Å². The van der Waals surface area contributed by atoms with E-state index in [2.05, 4.69) is 5.32 Å². The molecular formula is C21H15ClN4O3. The second-order valence-corrected chi connectivity index (χ2v) is 7.03. The van der Waals surface area contributed by atoms with Gasteiger partial charge in [-0.3, -0.25) is 4.79 Å². The van der Waals surface area contributed by atoms with Crippen LogP contribution in [0.5, 0.6) is 0 Å². The third-order valence-electron chi connectivity index (χ3n) is 4.80. The average molecular weight is 407 g/mol. The van der Waals surface area contributed by atoms with Crippen molar-refractivity contribution in [3.8, 4) is 18.2 Å². The number of hydrogen-bond acceptors (Lipinski definition) is 7. The number of nitrogens with zero attached hydrogens (tertiary/aromatic N) is 3. The van der Waals surface area contributed by atoms with Gasteiger partial charge in [0.05, 0.1) is 17.3 Å². The van der Waals surface area contributed by atoms with Crippen LogP contribution in [0.4, 0.5) is 5.69 Å². The van der Waals surface area contributed by atoms with Crippen molar-refractivity contribution in [1.82, 2.24) is 0 Å². The number of carbonyl (C=O) groups is 2. The SMILES string of the molecule is CCOC(=O)C1=CC(C2CC2)c2cc(Cl)c(NC(C#N)=C(C#N)C#N)cc2C1=O. The van der Waals surface area contributed by atoms with Crippen LogP contribution in [0, 0.1) is 39.9 Å². The van der Waals surface area contributed by atoms with E-state index in [4.69, 9.17) is 26.9 Å². The first kappa shape index (κ1) is 20.1. The van der Waals surface area contributed by atoms with Crippen LogP contribution >= 0.6 is 11.6 Å². The molecule has 1 unspecified atom stereocenters. The number of carbonyl (C=O) groups excluding carboxylic acids is 2. The van der Waals surface area contributed by atoms with E-state index < -0.39 is 17.3 Å². The number of benzene rings is 1. The zero-order valence-corrected chi connectivity index (χ0v) is 16.2. The van der Waals surface area contributed by atoms with Crippen molar-refractivity contribution in [1.29, 1.82) is 15.8 Å². The van der Waals surface area contributed by atoms with Crippen molar-refractivity contribution in [2.24, 2.45) is 5.92 Å². The van der Waals surface area contributed by atoms with Gasteiger partial charge in [-0.15, -0.1) is 0 Å². The Morgan fingerprint density at radius 1 is 1.24 bits per heavy atom. The number of Topliss-reactive ketones (excluding diaryl/α,β-unsaturated/α-hetero) is 1. The molecule has 2 aliphatic rings. The minimum atomic E-state index is -0.674. The minimum absolute atomic E-state index is 0.0182. The minimum Gasteiger partial charge on any atom is -0.462 e. The lowest BCUT2D eigenvalue weighted by Crippen LogP contribution is -2.24. The number of ketones is 1. The summed E-state index contributed by atoms with van der Waals surface area (Å²) in [4.78, 5) is 25.2. The first-order valence-corrected chi connectivity index (χ1v) is 9.31. The van der Waals surface area contributed by atoms with Crippen molar-refractivity contribution in [2.45, 2.75) is 25.7 Å². The summed E-state index contributed by atoms with van der Waals surface area (Å²) >= 11 is 6.36. The molecule has 7 nitrogen and oxygen atoms in total. The summed E-state index contributed by atoms with van der Waals surface area (Å²) in [5.74, 6) is -0.974. The first-order chi connectivity index (χ1) is 13.9. The van der Waals surface area contributed by atoms with Crippen LogP contribution in [0.25, 0.3) is 0 Å². The van der Waals surface area contributed by atoms with Gasteiger partial charge in [-0.05, 0) is 43.4 Å². The van der Waals surface area contributed by atoms with Crippen LogP contribution in [0.2, 0.25) is 5.02 Å². The van der Waals surface area contributed by atoms with E-state index in [1.54, 1.807) is 37.3 Å². The van der Waals surface area contributed by atoms with Crippen molar-refractivity contribution in [2.75, 3.05) is 11.9 Å². The summed E-state index contributed by atoms with van der Waals surface area (Å²) in [5, 5.41) is 30.1. The Kier molecular flexibility index (Phi) is 5.69. The number of fused-ring (bicyclic) bond motifs is 1. The Hall–Kier alpha value is -3.60. The van der Waals surface area contributed by atoms with Gasteiger partial charge in [-0.25, -0.2) is 4.79 Å². The third-order valence-corrected chi connectivity index (χ3v) is 5.12. The van der Waals surface area contributed by atoms with E-state index in [9.17, 15) is 14.9 Å². The second kappa shape index (κ2) is 8.19. The maximum Gasteiger partial charge on any atom is 0.341 e. The molecule has 144 valence electrons. The van der Waals surface area contributed by atoms with E-state index >= 15 is 0 Å². The predicted octanol–water partition coefficient (Wildman–Crippen LogP) is 3.76. The smallest absolute Gasteiger partial charge is 0.341 e. The van der Waals surface area contributed by atoms with Crippen LogP contribution in [0.3, 0.4) is 0 Å². The van der Waals surface area contributed by atoms with Gasteiger partial charge in [0.1, 0.15) is 29.5 Å². The number of esters is 1. The highest BCUT2D eigenvalue weighted by Crippen LogP contribution is 2.48. The Bertz CT molecular complexity index is 1080. The number of halogens is 1. The summed E-state index contributed by atoms with van der Waals surface area (Å²) in [5.41, 5.74) is 0.486. The number of anilines is 1. The second-order valence-electron chi connectivity index (χ2n) is 6.62. The Balaban J connectivity index is 2.09. The fraction of sp³-hybridized carbons (Fsp3) is 0.286. The molecule has 0 heterocycles. The number of hydrogen-bond donors (Lipinski definition) is 1. The van der Waals surface area contributed by atoms with E-state index in [1.165, 1.54) is 6.07 Å². The van der Waals surface area contributed by atoms with Gasteiger partial charge in [0.15, 0.2) is 11.4 Å². The molecule has 3 rings (SSSR count). The molecule has 0 amide bonds. The zero-order valence-electron chi connectivity index (χ0n) is 15.5. The monoisotopic (exact) mass is 406 g/mol. The van der Waals surface area contributed by atoms with Crippen LogP contribution in [-0.4, -0.2) is 18.4 Å². The van der Waals surface area contributed by atoms with Gasteiger partial charge in [-0.2, -0.15) is 15.8 Å². The molecule has 0 aromatic heterocycles. The fourth-order valence-corrected chi connectivity index (χ4v) is 3.50. The third kappa shape index (κ3) is 3.85. The molecule has 0 saturated heterocycles. The largest absolute Gasteiger partial charge is 0.462 e. The number of rotatable bonds is 5. The zero-order chi connectivity index (χ0) is 21.1. The summed E-state index contributed by atoms with van der Waals surface area (Å²) in [6.07, 6.45) is 3.63. The standard InChI is InChI=1S/C21H15ClN4O3/c1-2-29-21(28)16-5-13(11-3-4-11)14-6-17(22)18(7-15(14)20(16)27)26-19(10-25)12(8-23)9-24/h5-7,11,13,26H,2-4H2,1H3. The van der Waals surface area contributed by atoms with Crippen LogP contribution in [-0.2, 0) is 9.53 Å². The van der Waals surface area contributed by atoms with Gasteiger partial charge in [0, 0.05) is 11.5 Å². The fourth-order valence-electron chi connectivity index (χ4n) is 3.28. The average Bonchev–Trinajstić information content (AvgIpc) is 3.54. The number of allylic oxidation sites excluding steroid dienone is 3. The maximum absolute atomic E-state index is 13.0. The molecule has 0 radical (unpaired) electrons. The topological polar surface area (TPSA) is 127 Å². The van der Waals surface area contributed by atoms with E-state index in [1.807, 2.05) is 0 Å². The highest BCUT2D eigenvalue weighted by Gasteiger charge is 2.39. The van der Waals surface area contributed by atoms with Gasteiger partial charge in [0.25, 0.3) is 0 Å². The van der Waals surface area contributed by atoms with Gasteiger partial charge in [0.2, 0.25) is 0 Å². The molecule has 1 atom stereocenters. The molecule has 1 N–H and O–H groups in total. The van der Waals surface area contributed by atoms with E-state index in [0.29, 0.717) is 11.5 Å². The van der Waals surface area contributed by atoms with E-state index in [-0.39, 0.29) is 40.1 Å². The lowest BCUT2D eigenvalue weighted by molar-refractivity contribution is -0.138. The maximum atomic E-state index is 13.0. The van der Waals surface area contributed by atoms with Gasteiger partial charge >= 0.3 is 5.97 Å². The molecule has 1 fully saturated rings. The van der Waals surface area contributed by atoms with Crippen molar-refractivity contribution in [3.05, 3.63) is 51.2 Å². The van der Waals surface area contributed by atoms with Crippen LogP contribution in [0.15, 0.2) is 35.1 Å². The van der Waals surface area contributed by atoms with E-state index in [0.717, 1.165) is 12.8 Å². The van der Waals surface area contributed by atoms with Crippen LogP contribution in [0.1, 0.15) is 41.6 Å². The highest BCUT2D eigenvalue weighted by molar-refractivity contribution is 6.34. The summed E-state index contributed by atoms with van der Waals surface area (Å²) in [7, 11) is 0. The van der Waals surface area contributed by atoms with Crippen molar-refractivity contribution < 1.29 is 14.3 Å². The Morgan fingerprint density at radius 2 is 1.93 bits per heavy atom.